The number of aryl methyl sites for hydroxylation is 1. The maximum Gasteiger partial charge on any atom is 0.287 e. The molecule has 0 aromatic carbocycles. The Balaban J connectivity index is 2.17. The third-order valence-corrected chi connectivity index (χ3v) is 3.68. The highest BCUT2D eigenvalue weighted by atomic mass is 16.6. The van der Waals surface area contributed by atoms with Crippen molar-refractivity contribution in [1.82, 2.24) is 9.88 Å². The maximum absolute atomic E-state index is 12.3. The summed E-state index contributed by atoms with van der Waals surface area (Å²) >= 11 is 0. The van der Waals surface area contributed by atoms with Crippen LogP contribution in [0.4, 0.5) is 5.69 Å². The van der Waals surface area contributed by atoms with E-state index in [4.69, 9.17) is 5.73 Å². The number of nitrogens with one attached hydrogen (secondary N) is 1. The van der Waals surface area contributed by atoms with E-state index >= 15 is 0 Å². The van der Waals surface area contributed by atoms with Gasteiger partial charge in [-0.1, -0.05) is 6.92 Å². The average molecular weight is 280 g/mol. The second-order valence-electron chi connectivity index (χ2n) is 5.21. The summed E-state index contributed by atoms with van der Waals surface area (Å²) in [4.78, 5) is 22.6. The predicted molar refractivity (Wildman–Crippen MR) is 74.5 cm³/mol. The Morgan fingerprint density at radius 3 is 2.90 bits per heavy atom. The summed E-state index contributed by atoms with van der Waals surface area (Å²) in [6.45, 7) is 2.54. The Labute approximate surface area is 117 Å². The maximum atomic E-state index is 12.3. The monoisotopic (exact) mass is 280 g/mol. The molecule has 0 radical (unpaired) electrons. The van der Waals surface area contributed by atoms with Crippen LogP contribution >= 0.6 is 0 Å². The molecule has 0 bridgehead atoms. The van der Waals surface area contributed by atoms with Gasteiger partial charge in [-0.2, -0.15) is 0 Å². The van der Waals surface area contributed by atoms with Crippen LogP contribution in [-0.2, 0) is 6.54 Å². The van der Waals surface area contributed by atoms with Crippen molar-refractivity contribution in [3.05, 3.63) is 28.1 Å². The van der Waals surface area contributed by atoms with Crippen LogP contribution in [0.1, 0.15) is 43.1 Å². The van der Waals surface area contributed by atoms with Crippen molar-refractivity contribution >= 4 is 11.6 Å². The van der Waals surface area contributed by atoms with Crippen LogP contribution in [0.3, 0.4) is 0 Å². The van der Waals surface area contributed by atoms with Gasteiger partial charge >= 0.3 is 0 Å². The van der Waals surface area contributed by atoms with Crippen molar-refractivity contribution in [3.63, 3.8) is 0 Å². The Bertz CT molecular complexity index is 512. The van der Waals surface area contributed by atoms with Gasteiger partial charge in [0.15, 0.2) is 0 Å². The Morgan fingerprint density at radius 1 is 1.60 bits per heavy atom. The number of carbonyl (C=O) groups excluding carboxylic acids is 1. The summed E-state index contributed by atoms with van der Waals surface area (Å²) in [6.07, 6.45) is 4.98. The molecular weight excluding hydrogens is 260 g/mol. The number of nitrogens with two attached hydrogens (primary N) is 1. The van der Waals surface area contributed by atoms with E-state index in [1.54, 1.807) is 4.57 Å². The van der Waals surface area contributed by atoms with Crippen molar-refractivity contribution in [2.24, 2.45) is 5.73 Å². The fourth-order valence-corrected chi connectivity index (χ4v) is 2.62. The normalized spacial score (nSPS) is 21.9. The molecule has 1 saturated carbocycles. The van der Waals surface area contributed by atoms with Crippen molar-refractivity contribution in [1.29, 1.82) is 0 Å². The second-order valence-corrected chi connectivity index (χ2v) is 5.21. The van der Waals surface area contributed by atoms with Crippen LogP contribution in [0, 0.1) is 10.1 Å². The molecule has 1 aromatic rings. The second kappa shape index (κ2) is 6.04. The highest BCUT2D eigenvalue weighted by Crippen LogP contribution is 2.20. The lowest BCUT2D eigenvalue weighted by molar-refractivity contribution is -0.384. The van der Waals surface area contributed by atoms with Gasteiger partial charge in [0.2, 0.25) is 0 Å². The SMILES string of the molecule is CCCn1cc([N+](=O)[O-])cc1C(=O)NC1CCCC1N. The number of carbonyl (C=O) groups is 1. The summed E-state index contributed by atoms with van der Waals surface area (Å²) < 4.78 is 1.63. The molecule has 3 N–H and O–H groups in total. The standard InChI is InChI=1S/C13H20N4O3/c1-2-6-16-8-9(17(19)20)7-12(16)13(18)15-11-5-3-4-10(11)14/h7-8,10-11H,2-6,14H2,1H3,(H,15,18). The van der Waals surface area contributed by atoms with Gasteiger partial charge in [-0.25, -0.2) is 0 Å². The first-order chi connectivity index (χ1) is 9.52. The quantitative estimate of drug-likeness (QED) is 0.628. The number of aromatic nitrogens is 1. The van der Waals surface area contributed by atoms with Gasteiger partial charge in [0, 0.05) is 24.7 Å². The molecule has 2 atom stereocenters. The highest BCUT2D eigenvalue weighted by Gasteiger charge is 2.27. The van der Waals surface area contributed by atoms with Crippen LogP contribution < -0.4 is 11.1 Å². The molecular formula is C13H20N4O3. The van der Waals surface area contributed by atoms with Gasteiger partial charge < -0.3 is 15.6 Å². The first kappa shape index (κ1) is 14.5. The number of nitrogens with zero attached hydrogens (tertiary/aromatic N) is 2. The molecule has 0 spiro atoms. The smallest absolute Gasteiger partial charge is 0.287 e. The molecule has 7 nitrogen and oxygen atoms in total. The Kier molecular flexibility index (Phi) is 4.39. The molecule has 0 aliphatic heterocycles. The minimum absolute atomic E-state index is 0.0245. The minimum Gasteiger partial charge on any atom is -0.346 e. The van der Waals surface area contributed by atoms with Gasteiger partial charge in [-0.3, -0.25) is 14.9 Å². The number of amides is 1. The molecule has 1 fully saturated rings. The zero-order valence-electron chi connectivity index (χ0n) is 11.5. The topological polar surface area (TPSA) is 103 Å². The molecule has 0 saturated heterocycles. The molecule has 20 heavy (non-hydrogen) atoms. The van der Waals surface area contributed by atoms with Crippen molar-refractivity contribution in [2.45, 2.75) is 51.2 Å². The van der Waals surface area contributed by atoms with Crippen molar-refractivity contribution in [2.75, 3.05) is 0 Å². The summed E-state index contributed by atoms with van der Waals surface area (Å²) in [5, 5.41) is 13.7. The predicted octanol–water partition coefficient (Wildman–Crippen LogP) is 1.42. The van der Waals surface area contributed by atoms with E-state index in [1.807, 2.05) is 6.92 Å². The summed E-state index contributed by atoms with van der Waals surface area (Å²) in [5.74, 6) is -0.283. The third kappa shape index (κ3) is 2.98. The van der Waals surface area contributed by atoms with E-state index in [0.717, 1.165) is 25.7 Å². The Morgan fingerprint density at radius 2 is 2.35 bits per heavy atom. The number of hydrogen-bond donors (Lipinski definition) is 2. The molecule has 1 heterocycles. The molecule has 1 aromatic heterocycles. The first-order valence-electron chi connectivity index (χ1n) is 6.94. The van der Waals surface area contributed by atoms with Gasteiger partial charge in [-0.15, -0.1) is 0 Å². The molecule has 1 aliphatic rings. The van der Waals surface area contributed by atoms with E-state index < -0.39 is 4.92 Å². The lowest BCUT2D eigenvalue weighted by Crippen LogP contribution is -2.44. The van der Waals surface area contributed by atoms with Crippen molar-refractivity contribution in [3.8, 4) is 0 Å². The third-order valence-electron chi connectivity index (χ3n) is 3.68. The summed E-state index contributed by atoms with van der Waals surface area (Å²) in [5.41, 5.74) is 6.20. The zero-order chi connectivity index (χ0) is 14.7. The fourth-order valence-electron chi connectivity index (χ4n) is 2.62. The first-order valence-corrected chi connectivity index (χ1v) is 6.94. The van der Waals surface area contributed by atoms with Gasteiger partial charge in [0.05, 0.1) is 11.1 Å². The van der Waals surface area contributed by atoms with E-state index in [2.05, 4.69) is 5.32 Å². The van der Waals surface area contributed by atoms with E-state index in [9.17, 15) is 14.9 Å². The molecule has 1 aliphatic carbocycles. The number of hydrogen-bond acceptors (Lipinski definition) is 4. The van der Waals surface area contributed by atoms with Crippen LogP contribution in [0.15, 0.2) is 12.3 Å². The number of nitro groups is 1. The zero-order valence-corrected chi connectivity index (χ0v) is 11.5. The van der Waals surface area contributed by atoms with Gasteiger partial charge in [0.1, 0.15) is 5.69 Å². The lowest BCUT2D eigenvalue weighted by atomic mass is 10.2. The molecule has 2 unspecified atom stereocenters. The van der Waals surface area contributed by atoms with E-state index in [-0.39, 0.29) is 23.7 Å². The van der Waals surface area contributed by atoms with Crippen LogP contribution in [0.2, 0.25) is 0 Å². The minimum atomic E-state index is -0.482. The fraction of sp³-hybridized carbons (Fsp3) is 0.615. The molecule has 110 valence electrons. The van der Waals surface area contributed by atoms with Gasteiger partial charge in [0.25, 0.3) is 11.6 Å². The van der Waals surface area contributed by atoms with Gasteiger partial charge in [-0.05, 0) is 25.7 Å². The lowest BCUT2D eigenvalue weighted by Gasteiger charge is -2.17. The van der Waals surface area contributed by atoms with Crippen LogP contribution in [-0.4, -0.2) is 27.5 Å². The highest BCUT2D eigenvalue weighted by molar-refractivity contribution is 5.93. The Hall–Kier alpha value is -1.89. The molecule has 2 rings (SSSR count). The van der Waals surface area contributed by atoms with Crippen LogP contribution in [0.5, 0.6) is 0 Å². The average Bonchev–Trinajstić information content (AvgIpc) is 2.97. The molecule has 7 heteroatoms. The number of rotatable bonds is 5. The summed E-state index contributed by atoms with van der Waals surface area (Å²) in [6, 6.07) is 1.26. The largest absolute Gasteiger partial charge is 0.346 e. The summed E-state index contributed by atoms with van der Waals surface area (Å²) in [7, 11) is 0. The van der Waals surface area contributed by atoms with Crippen molar-refractivity contribution < 1.29 is 9.72 Å². The van der Waals surface area contributed by atoms with E-state index in [1.165, 1.54) is 12.3 Å². The van der Waals surface area contributed by atoms with Crippen LogP contribution in [0.25, 0.3) is 0 Å². The van der Waals surface area contributed by atoms with E-state index in [0.29, 0.717) is 12.2 Å². The molecule has 1 amide bonds.